The molecule has 0 spiro atoms. The van der Waals surface area contributed by atoms with Crippen molar-refractivity contribution in [3.05, 3.63) is 65.2 Å². The van der Waals surface area contributed by atoms with Crippen LogP contribution < -0.4 is 4.90 Å². The third-order valence-corrected chi connectivity index (χ3v) is 3.83. The molecule has 0 radical (unpaired) electrons. The fraction of sp³-hybridized carbons (Fsp3) is 0.278. The summed E-state index contributed by atoms with van der Waals surface area (Å²) in [5, 5.41) is 0. The van der Waals surface area contributed by atoms with Gasteiger partial charge >= 0.3 is 0 Å². The molecule has 0 N–H and O–H groups in total. The number of ketones is 1. The van der Waals surface area contributed by atoms with Crippen LogP contribution in [0.5, 0.6) is 0 Å². The summed E-state index contributed by atoms with van der Waals surface area (Å²) in [6.45, 7) is 3.62. The molecule has 1 aliphatic rings. The van der Waals surface area contributed by atoms with Crippen LogP contribution in [0.1, 0.15) is 23.6 Å². The first kappa shape index (κ1) is 12.9. The Labute approximate surface area is 120 Å². The number of carbonyl (C=O) groups excluding carboxylic acids is 1. The molecule has 0 aliphatic carbocycles. The molecule has 1 heterocycles. The van der Waals surface area contributed by atoms with E-state index in [1.54, 1.807) is 6.92 Å². The largest absolute Gasteiger partial charge is 0.366 e. The van der Waals surface area contributed by atoms with Crippen LogP contribution >= 0.6 is 0 Å². The Morgan fingerprint density at radius 3 is 2.65 bits per heavy atom. The van der Waals surface area contributed by atoms with Gasteiger partial charge in [-0.1, -0.05) is 48.5 Å². The minimum absolute atomic E-state index is 0.227. The lowest BCUT2D eigenvalue weighted by Crippen LogP contribution is -2.21. The van der Waals surface area contributed by atoms with Gasteiger partial charge in [-0.15, -0.1) is 0 Å². The average molecular weight is 265 g/mol. The van der Waals surface area contributed by atoms with Gasteiger partial charge in [-0.25, -0.2) is 0 Å². The molecule has 0 fully saturated rings. The molecular weight excluding hydrogens is 246 g/mol. The van der Waals surface area contributed by atoms with Crippen molar-refractivity contribution in [2.24, 2.45) is 0 Å². The molecule has 1 aliphatic heterocycles. The van der Waals surface area contributed by atoms with Crippen LogP contribution in [0.4, 0.5) is 5.69 Å². The Morgan fingerprint density at radius 1 is 1.10 bits per heavy atom. The van der Waals surface area contributed by atoms with Gasteiger partial charge in [0, 0.05) is 25.2 Å². The lowest BCUT2D eigenvalue weighted by molar-refractivity contribution is -0.116. The van der Waals surface area contributed by atoms with Crippen molar-refractivity contribution in [2.45, 2.75) is 26.3 Å². The highest BCUT2D eigenvalue weighted by atomic mass is 16.1. The second-order valence-corrected chi connectivity index (χ2v) is 5.46. The fourth-order valence-electron chi connectivity index (χ4n) is 2.99. The lowest BCUT2D eigenvalue weighted by Gasteiger charge is -2.22. The minimum Gasteiger partial charge on any atom is -0.366 e. The van der Waals surface area contributed by atoms with Crippen molar-refractivity contribution in [3.63, 3.8) is 0 Å². The number of hydrogen-bond donors (Lipinski definition) is 0. The highest BCUT2D eigenvalue weighted by molar-refractivity contribution is 5.81. The summed E-state index contributed by atoms with van der Waals surface area (Å²) in [6, 6.07) is 16.9. The molecule has 0 bridgehead atoms. The molecule has 0 saturated carbocycles. The van der Waals surface area contributed by atoms with Gasteiger partial charge in [0.2, 0.25) is 0 Å². The first-order valence-corrected chi connectivity index (χ1v) is 7.13. The second-order valence-electron chi connectivity index (χ2n) is 5.46. The zero-order valence-corrected chi connectivity index (χ0v) is 11.8. The maximum absolute atomic E-state index is 11.5. The van der Waals surface area contributed by atoms with Gasteiger partial charge in [0.1, 0.15) is 5.78 Å². The Kier molecular flexibility index (Phi) is 3.55. The summed E-state index contributed by atoms with van der Waals surface area (Å²) in [5.41, 5.74) is 5.15. The third kappa shape index (κ3) is 2.60. The van der Waals surface area contributed by atoms with Crippen molar-refractivity contribution >= 4 is 11.5 Å². The van der Waals surface area contributed by atoms with Crippen molar-refractivity contribution in [1.82, 2.24) is 0 Å². The first-order valence-electron chi connectivity index (χ1n) is 7.13. The molecular formula is C18H19NO. The number of Topliss-reactive ketones (excluding diaryl/α,β-unsaturated/α-hetero) is 1. The zero-order chi connectivity index (χ0) is 13.9. The number of hydrogen-bond acceptors (Lipinski definition) is 2. The Hall–Kier alpha value is -2.09. The molecule has 2 aromatic rings. The van der Waals surface area contributed by atoms with Crippen LogP contribution in [-0.2, 0) is 24.2 Å². The summed E-state index contributed by atoms with van der Waals surface area (Å²) in [4.78, 5) is 13.9. The predicted molar refractivity (Wildman–Crippen MR) is 82.0 cm³/mol. The number of para-hydroxylation sites is 1. The molecule has 3 rings (SSSR count). The molecule has 0 unspecified atom stereocenters. The molecule has 2 heteroatoms. The predicted octanol–water partition coefficient (Wildman–Crippen LogP) is 3.38. The first-order chi connectivity index (χ1) is 9.74. The van der Waals surface area contributed by atoms with Crippen molar-refractivity contribution in [1.29, 1.82) is 0 Å². The van der Waals surface area contributed by atoms with E-state index in [0.717, 1.165) is 19.5 Å². The zero-order valence-electron chi connectivity index (χ0n) is 11.8. The molecule has 0 aromatic heterocycles. The van der Waals surface area contributed by atoms with Gasteiger partial charge in [-0.2, -0.15) is 0 Å². The van der Waals surface area contributed by atoms with Crippen molar-refractivity contribution in [3.8, 4) is 0 Å². The van der Waals surface area contributed by atoms with Crippen molar-refractivity contribution in [2.75, 3.05) is 11.4 Å². The SMILES string of the molecule is CC(=O)Cc1cccc2c1N(Cc1ccccc1)CC2. The van der Waals surface area contributed by atoms with Gasteiger partial charge < -0.3 is 4.90 Å². The van der Waals surface area contributed by atoms with Gasteiger partial charge in [0.25, 0.3) is 0 Å². The normalized spacial score (nSPS) is 13.3. The summed E-state index contributed by atoms with van der Waals surface area (Å²) >= 11 is 0. The van der Waals surface area contributed by atoms with Crippen LogP contribution in [0.25, 0.3) is 0 Å². The number of fused-ring (bicyclic) bond motifs is 1. The van der Waals surface area contributed by atoms with E-state index in [-0.39, 0.29) is 5.78 Å². The van der Waals surface area contributed by atoms with E-state index in [1.807, 2.05) is 6.07 Å². The average Bonchev–Trinajstić information content (AvgIpc) is 2.84. The van der Waals surface area contributed by atoms with E-state index < -0.39 is 0 Å². The summed E-state index contributed by atoms with van der Waals surface area (Å²) in [5.74, 6) is 0.227. The highest BCUT2D eigenvalue weighted by Gasteiger charge is 2.22. The van der Waals surface area contributed by atoms with E-state index in [1.165, 1.54) is 22.4 Å². The van der Waals surface area contributed by atoms with Crippen LogP contribution in [0.2, 0.25) is 0 Å². The molecule has 102 valence electrons. The monoisotopic (exact) mass is 265 g/mol. The standard InChI is InChI=1S/C18H19NO/c1-14(20)12-17-9-5-8-16-10-11-19(18(16)17)13-15-6-3-2-4-7-15/h2-9H,10-13H2,1H3. The van der Waals surface area contributed by atoms with E-state index in [0.29, 0.717) is 6.42 Å². The third-order valence-electron chi connectivity index (χ3n) is 3.83. The summed E-state index contributed by atoms with van der Waals surface area (Å²) in [7, 11) is 0. The van der Waals surface area contributed by atoms with Gasteiger partial charge in [-0.05, 0) is 30.0 Å². The van der Waals surface area contributed by atoms with Gasteiger partial charge in [0.05, 0.1) is 0 Å². The molecule has 0 atom stereocenters. The number of benzene rings is 2. The highest BCUT2D eigenvalue weighted by Crippen LogP contribution is 2.33. The minimum atomic E-state index is 0.227. The molecule has 0 amide bonds. The number of nitrogens with zero attached hydrogens (tertiary/aromatic N) is 1. The topological polar surface area (TPSA) is 20.3 Å². The van der Waals surface area contributed by atoms with E-state index in [4.69, 9.17) is 0 Å². The Bertz CT molecular complexity index is 619. The van der Waals surface area contributed by atoms with Crippen LogP contribution in [0.15, 0.2) is 48.5 Å². The Morgan fingerprint density at radius 2 is 1.90 bits per heavy atom. The number of rotatable bonds is 4. The van der Waals surface area contributed by atoms with E-state index in [2.05, 4.69) is 47.4 Å². The van der Waals surface area contributed by atoms with Crippen LogP contribution in [0, 0.1) is 0 Å². The molecule has 0 saturated heterocycles. The smallest absolute Gasteiger partial charge is 0.134 e. The fourth-order valence-corrected chi connectivity index (χ4v) is 2.99. The van der Waals surface area contributed by atoms with Crippen LogP contribution in [0.3, 0.4) is 0 Å². The molecule has 20 heavy (non-hydrogen) atoms. The van der Waals surface area contributed by atoms with E-state index in [9.17, 15) is 4.79 Å². The lowest BCUT2D eigenvalue weighted by atomic mass is 10.0. The summed E-state index contributed by atoms with van der Waals surface area (Å²) in [6.07, 6.45) is 1.61. The van der Waals surface area contributed by atoms with Crippen LogP contribution in [-0.4, -0.2) is 12.3 Å². The quantitative estimate of drug-likeness (QED) is 0.844. The van der Waals surface area contributed by atoms with Gasteiger partial charge in [-0.3, -0.25) is 4.79 Å². The molecule has 2 nitrogen and oxygen atoms in total. The van der Waals surface area contributed by atoms with E-state index >= 15 is 0 Å². The summed E-state index contributed by atoms with van der Waals surface area (Å²) < 4.78 is 0. The van der Waals surface area contributed by atoms with Gasteiger partial charge in [0.15, 0.2) is 0 Å². The molecule has 2 aromatic carbocycles. The number of carbonyl (C=O) groups is 1. The maximum atomic E-state index is 11.5. The van der Waals surface area contributed by atoms with Crippen molar-refractivity contribution < 1.29 is 4.79 Å². The Balaban J connectivity index is 1.90. The number of anilines is 1. The maximum Gasteiger partial charge on any atom is 0.134 e. The second kappa shape index (κ2) is 5.49.